The molecule has 0 saturated carbocycles. The molecule has 0 aromatic heterocycles. The van der Waals surface area contributed by atoms with E-state index in [2.05, 4.69) is 86.8 Å². The van der Waals surface area contributed by atoms with Gasteiger partial charge in [0.15, 0.2) is 0 Å². The number of hydrogen-bond acceptors (Lipinski definition) is 5. The van der Waals surface area contributed by atoms with Crippen molar-refractivity contribution in [2.75, 3.05) is 6.61 Å². The van der Waals surface area contributed by atoms with E-state index in [9.17, 15) is 19.8 Å². The first-order valence-corrected chi connectivity index (χ1v) is 24.1. The third kappa shape index (κ3) is 41.3. The lowest BCUT2D eigenvalue weighted by molar-refractivity contribution is -0.151. The highest BCUT2D eigenvalue weighted by Gasteiger charge is 2.24. The number of unbranched alkanes of at least 4 members (excludes halogenated alkanes) is 19. The Morgan fingerprint density at radius 2 is 0.932 bits per heavy atom. The predicted molar refractivity (Wildman–Crippen MR) is 254 cm³/mol. The highest BCUT2D eigenvalue weighted by atomic mass is 16.5. The van der Waals surface area contributed by atoms with E-state index in [-0.39, 0.29) is 24.9 Å². The van der Waals surface area contributed by atoms with Crippen LogP contribution in [0.1, 0.15) is 201 Å². The first kappa shape index (κ1) is 55.8. The molecular weight excluding hydrogens is 731 g/mol. The van der Waals surface area contributed by atoms with Crippen LogP contribution < -0.4 is 5.32 Å². The molecule has 0 aliphatic carbocycles. The Kier molecular flexibility index (Phi) is 43.4. The third-order valence-corrected chi connectivity index (χ3v) is 10.3. The second kappa shape index (κ2) is 45.9. The molecule has 0 aromatic rings. The summed E-state index contributed by atoms with van der Waals surface area (Å²) in [4.78, 5) is 26.0. The average Bonchev–Trinajstić information content (AvgIpc) is 3.23. The van der Waals surface area contributed by atoms with Crippen LogP contribution in [0.25, 0.3) is 0 Å². The number of esters is 1. The number of carbonyl (C=O) groups is 2. The van der Waals surface area contributed by atoms with Crippen LogP contribution >= 0.6 is 0 Å². The highest BCUT2D eigenvalue weighted by molar-refractivity contribution is 5.77. The molecule has 6 heteroatoms. The van der Waals surface area contributed by atoms with Crippen LogP contribution in [-0.4, -0.2) is 46.9 Å². The van der Waals surface area contributed by atoms with Crippen LogP contribution in [0.3, 0.4) is 0 Å². The monoisotopic (exact) mass is 820 g/mol. The molecule has 6 nitrogen and oxygen atoms in total. The summed E-state index contributed by atoms with van der Waals surface area (Å²) in [5.74, 6) is -0.579. The van der Waals surface area contributed by atoms with Gasteiger partial charge in [0.05, 0.1) is 25.2 Å². The second-order valence-electron chi connectivity index (χ2n) is 16.0. The van der Waals surface area contributed by atoms with E-state index in [1.54, 1.807) is 0 Å². The standard InChI is InChI=1S/C53H89NO5/c1-4-7-10-13-16-19-22-23-24-25-26-27-28-31-34-37-40-43-46-53(58)59-49(44-41-38-35-32-29-20-17-14-11-8-5-2)47-52(57)54-50(48-55)51(56)45-42-39-36-33-30-21-18-15-12-9-6-3/h8,11,14,16-17,19-20,22-27,29,32,35,49-51,55-56H,4-7,9-10,12-13,15,18,21,28,30-31,33-34,36-48H2,1-3H3,(H,54,57)/b11-8+,17-14+,19-16+,23-22+,25-24+,27-26+,29-20-,35-32-. The molecule has 0 aliphatic rings. The fourth-order valence-electron chi connectivity index (χ4n) is 6.69. The van der Waals surface area contributed by atoms with E-state index < -0.39 is 18.2 Å². The van der Waals surface area contributed by atoms with Crippen molar-refractivity contribution in [1.82, 2.24) is 5.32 Å². The van der Waals surface area contributed by atoms with Gasteiger partial charge in [-0.25, -0.2) is 0 Å². The van der Waals surface area contributed by atoms with Gasteiger partial charge in [-0.15, -0.1) is 0 Å². The highest BCUT2D eigenvalue weighted by Crippen LogP contribution is 2.16. The predicted octanol–water partition coefficient (Wildman–Crippen LogP) is 14.2. The number of amides is 1. The fourth-order valence-corrected chi connectivity index (χ4v) is 6.69. The van der Waals surface area contributed by atoms with Gasteiger partial charge in [-0.05, 0) is 64.2 Å². The van der Waals surface area contributed by atoms with E-state index in [0.717, 1.165) is 83.5 Å². The maximum Gasteiger partial charge on any atom is 0.306 e. The molecule has 3 unspecified atom stereocenters. The summed E-state index contributed by atoms with van der Waals surface area (Å²) >= 11 is 0. The zero-order chi connectivity index (χ0) is 43.1. The van der Waals surface area contributed by atoms with Gasteiger partial charge in [0.25, 0.3) is 0 Å². The van der Waals surface area contributed by atoms with Crippen LogP contribution in [0.5, 0.6) is 0 Å². The summed E-state index contributed by atoms with van der Waals surface area (Å²) in [7, 11) is 0. The van der Waals surface area contributed by atoms with Crippen LogP contribution in [-0.2, 0) is 14.3 Å². The minimum Gasteiger partial charge on any atom is -0.462 e. The Bertz CT molecular complexity index is 1190. The van der Waals surface area contributed by atoms with Gasteiger partial charge < -0.3 is 20.3 Å². The zero-order valence-corrected chi connectivity index (χ0v) is 38.1. The first-order valence-electron chi connectivity index (χ1n) is 24.1. The van der Waals surface area contributed by atoms with Gasteiger partial charge in [0.2, 0.25) is 5.91 Å². The Morgan fingerprint density at radius 1 is 0.508 bits per heavy atom. The van der Waals surface area contributed by atoms with Gasteiger partial charge in [0, 0.05) is 6.42 Å². The Balaban J connectivity index is 4.69. The number of allylic oxidation sites excluding steroid dienone is 16. The Hall–Kier alpha value is -3.22. The smallest absolute Gasteiger partial charge is 0.306 e. The molecular formula is C53H89NO5. The third-order valence-electron chi connectivity index (χ3n) is 10.3. The molecule has 0 fully saturated rings. The van der Waals surface area contributed by atoms with Crippen molar-refractivity contribution < 1.29 is 24.5 Å². The molecule has 0 aromatic carbocycles. The molecule has 0 bridgehead atoms. The normalized spacial score (nSPS) is 14.2. The minimum absolute atomic E-state index is 0.0161. The number of aliphatic hydroxyl groups excluding tert-OH is 2. The Labute approximate surface area is 363 Å². The molecule has 3 N–H and O–H groups in total. The summed E-state index contributed by atoms with van der Waals surface area (Å²) in [6, 6.07) is -0.732. The van der Waals surface area contributed by atoms with Gasteiger partial charge in [0.1, 0.15) is 6.10 Å². The van der Waals surface area contributed by atoms with Gasteiger partial charge in [-0.3, -0.25) is 9.59 Å². The van der Waals surface area contributed by atoms with Gasteiger partial charge in [-0.1, -0.05) is 221 Å². The van der Waals surface area contributed by atoms with Gasteiger partial charge in [-0.2, -0.15) is 0 Å². The van der Waals surface area contributed by atoms with Crippen molar-refractivity contribution in [3.63, 3.8) is 0 Å². The van der Waals surface area contributed by atoms with Crippen molar-refractivity contribution in [3.05, 3.63) is 97.2 Å². The fraction of sp³-hybridized carbons (Fsp3) is 0.660. The maximum absolute atomic E-state index is 13.1. The van der Waals surface area contributed by atoms with Crippen molar-refractivity contribution in [2.45, 2.75) is 219 Å². The summed E-state index contributed by atoms with van der Waals surface area (Å²) in [6.07, 6.45) is 60.4. The summed E-state index contributed by atoms with van der Waals surface area (Å²) in [5.41, 5.74) is 0. The van der Waals surface area contributed by atoms with Crippen molar-refractivity contribution in [3.8, 4) is 0 Å². The number of ether oxygens (including phenoxy) is 1. The number of rotatable bonds is 41. The van der Waals surface area contributed by atoms with Gasteiger partial charge >= 0.3 is 5.97 Å². The molecule has 59 heavy (non-hydrogen) atoms. The van der Waals surface area contributed by atoms with E-state index in [1.165, 1.54) is 70.6 Å². The molecule has 0 aliphatic heterocycles. The topological polar surface area (TPSA) is 95.9 Å². The summed E-state index contributed by atoms with van der Waals surface area (Å²) < 4.78 is 5.86. The SMILES string of the molecule is CC/C=C/C=C/C=C\C=C/CCCC(CC(=O)NC(CO)C(O)CCCCCCCCCCCCC)OC(=O)CCCCCCC/C=C/C=C/C=C/C=C/CCCCC. The number of carbonyl (C=O) groups excluding carboxylic acids is 2. The Morgan fingerprint density at radius 3 is 1.46 bits per heavy atom. The van der Waals surface area contributed by atoms with E-state index in [1.807, 2.05) is 36.5 Å². The summed E-state index contributed by atoms with van der Waals surface area (Å²) in [5, 5.41) is 23.6. The maximum atomic E-state index is 13.1. The molecule has 336 valence electrons. The number of aliphatic hydroxyl groups is 2. The van der Waals surface area contributed by atoms with Crippen LogP contribution in [0, 0.1) is 0 Å². The van der Waals surface area contributed by atoms with E-state index in [0.29, 0.717) is 19.3 Å². The van der Waals surface area contributed by atoms with E-state index in [4.69, 9.17) is 4.74 Å². The van der Waals surface area contributed by atoms with Crippen molar-refractivity contribution in [1.29, 1.82) is 0 Å². The number of hydrogen-bond donors (Lipinski definition) is 3. The van der Waals surface area contributed by atoms with E-state index >= 15 is 0 Å². The molecule has 1 amide bonds. The average molecular weight is 820 g/mol. The molecule has 0 radical (unpaired) electrons. The molecule has 3 atom stereocenters. The minimum atomic E-state index is -0.813. The van der Waals surface area contributed by atoms with Crippen LogP contribution in [0.15, 0.2) is 97.2 Å². The lowest BCUT2D eigenvalue weighted by atomic mass is 10.0. The first-order chi connectivity index (χ1) is 29.0. The van der Waals surface area contributed by atoms with Crippen LogP contribution in [0.4, 0.5) is 0 Å². The lowest BCUT2D eigenvalue weighted by Crippen LogP contribution is -2.46. The quantitative estimate of drug-likeness (QED) is 0.0324. The zero-order valence-electron chi connectivity index (χ0n) is 38.1. The molecule has 0 spiro atoms. The summed E-state index contributed by atoms with van der Waals surface area (Å²) in [6.45, 7) is 6.25. The molecule has 0 saturated heterocycles. The lowest BCUT2D eigenvalue weighted by Gasteiger charge is -2.24. The number of nitrogens with one attached hydrogen (secondary N) is 1. The van der Waals surface area contributed by atoms with Crippen molar-refractivity contribution in [2.24, 2.45) is 0 Å². The second-order valence-corrected chi connectivity index (χ2v) is 16.0. The molecule has 0 rings (SSSR count). The largest absolute Gasteiger partial charge is 0.462 e. The van der Waals surface area contributed by atoms with Crippen molar-refractivity contribution >= 4 is 11.9 Å². The van der Waals surface area contributed by atoms with Crippen LogP contribution in [0.2, 0.25) is 0 Å². The molecule has 0 heterocycles.